The van der Waals surface area contributed by atoms with E-state index in [1.807, 2.05) is 6.92 Å². The first kappa shape index (κ1) is 10.7. The van der Waals surface area contributed by atoms with Gasteiger partial charge in [0.15, 0.2) is 12.3 Å². The van der Waals surface area contributed by atoms with Gasteiger partial charge in [-0.1, -0.05) is 6.92 Å². The van der Waals surface area contributed by atoms with E-state index < -0.39 is 12.2 Å². The van der Waals surface area contributed by atoms with Crippen LogP contribution in [0, 0.1) is 6.92 Å². The number of nitrogens with zero attached hydrogens (tertiary/aromatic N) is 2. The molecule has 1 fully saturated rings. The number of aryl methyl sites for hydroxylation is 1. The molecule has 3 rings (SSSR count). The van der Waals surface area contributed by atoms with Gasteiger partial charge in [0, 0.05) is 11.8 Å². The van der Waals surface area contributed by atoms with Crippen molar-refractivity contribution in [1.82, 2.24) is 9.55 Å². The molecule has 17 heavy (non-hydrogen) atoms. The fourth-order valence-electron chi connectivity index (χ4n) is 2.35. The first-order valence-electron chi connectivity index (χ1n) is 5.71. The largest absolute Gasteiger partial charge is 0.453 e. The highest BCUT2D eigenvalue weighted by atomic mass is 16.6. The van der Waals surface area contributed by atoms with E-state index >= 15 is 0 Å². The summed E-state index contributed by atoms with van der Waals surface area (Å²) in [5.41, 5.74) is 0.230. The molecule has 2 aliphatic rings. The highest BCUT2D eigenvalue weighted by molar-refractivity contribution is 5.15. The topological polar surface area (TPSA) is 73.6 Å². The van der Waals surface area contributed by atoms with Gasteiger partial charge in [0.2, 0.25) is 0 Å². The van der Waals surface area contributed by atoms with Crippen molar-refractivity contribution in [3.8, 4) is 6.01 Å². The second kappa shape index (κ2) is 3.54. The molecule has 0 radical (unpaired) electrons. The zero-order valence-electron chi connectivity index (χ0n) is 9.66. The number of aliphatic hydroxyl groups excluding tert-OH is 1. The minimum atomic E-state index is -0.679. The van der Waals surface area contributed by atoms with Crippen LogP contribution in [0.2, 0.25) is 0 Å². The zero-order valence-corrected chi connectivity index (χ0v) is 9.66. The first-order chi connectivity index (χ1) is 8.11. The van der Waals surface area contributed by atoms with Gasteiger partial charge < -0.3 is 14.6 Å². The van der Waals surface area contributed by atoms with Crippen molar-refractivity contribution in [2.24, 2.45) is 0 Å². The molecule has 1 aromatic heterocycles. The molecule has 2 aliphatic heterocycles. The Morgan fingerprint density at radius 3 is 3.06 bits per heavy atom. The van der Waals surface area contributed by atoms with E-state index in [1.165, 1.54) is 0 Å². The molecular weight excluding hydrogens is 224 g/mol. The molecule has 6 nitrogen and oxygen atoms in total. The minimum Gasteiger partial charge on any atom is -0.453 e. The predicted molar refractivity (Wildman–Crippen MR) is 57.9 cm³/mol. The van der Waals surface area contributed by atoms with E-state index in [0.29, 0.717) is 5.56 Å². The van der Waals surface area contributed by atoms with E-state index in [4.69, 9.17) is 9.47 Å². The summed E-state index contributed by atoms with van der Waals surface area (Å²) in [6.45, 7) is 3.64. The SMILES string of the molecule is CC[C@H]1O[C@@H]2[C@@H](Oc3nc(=O)c(C)cn32)[C@@H]1O. The van der Waals surface area contributed by atoms with Crippen LogP contribution in [0.1, 0.15) is 25.1 Å². The third kappa shape index (κ3) is 1.41. The quantitative estimate of drug-likeness (QED) is 0.744. The van der Waals surface area contributed by atoms with Crippen LogP contribution in [0.3, 0.4) is 0 Å². The number of aromatic nitrogens is 2. The van der Waals surface area contributed by atoms with Crippen LogP contribution in [-0.2, 0) is 4.74 Å². The lowest BCUT2D eigenvalue weighted by atomic mass is 10.1. The van der Waals surface area contributed by atoms with E-state index in [9.17, 15) is 9.90 Å². The zero-order chi connectivity index (χ0) is 12.2. The summed E-state index contributed by atoms with van der Waals surface area (Å²) in [4.78, 5) is 15.2. The Kier molecular flexibility index (Phi) is 2.24. The van der Waals surface area contributed by atoms with E-state index in [0.717, 1.165) is 6.42 Å². The molecule has 1 aromatic rings. The van der Waals surface area contributed by atoms with Gasteiger partial charge in [0.05, 0.1) is 6.10 Å². The van der Waals surface area contributed by atoms with Crippen LogP contribution < -0.4 is 10.3 Å². The van der Waals surface area contributed by atoms with Crippen molar-refractivity contribution in [3.63, 3.8) is 0 Å². The first-order valence-corrected chi connectivity index (χ1v) is 5.71. The lowest BCUT2D eigenvalue weighted by Crippen LogP contribution is -2.32. The number of fused-ring (bicyclic) bond motifs is 3. The average Bonchev–Trinajstić information content (AvgIpc) is 2.78. The van der Waals surface area contributed by atoms with Gasteiger partial charge in [0.25, 0.3) is 5.56 Å². The molecule has 0 saturated carbocycles. The Bertz CT molecular complexity index is 513. The van der Waals surface area contributed by atoms with Crippen LogP contribution in [0.15, 0.2) is 11.0 Å². The summed E-state index contributed by atoms with van der Waals surface area (Å²) >= 11 is 0. The Morgan fingerprint density at radius 1 is 1.59 bits per heavy atom. The van der Waals surface area contributed by atoms with Crippen LogP contribution in [0.5, 0.6) is 6.01 Å². The van der Waals surface area contributed by atoms with Gasteiger partial charge in [-0.05, 0) is 13.3 Å². The summed E-state index contributed by atoms with van der Waals surface area (Å²) in [7, 11) is 0. The Morgan fingerprint density at radius 2 is 2.35 bits per heavy atom. The van der Waals surface area contributed by atoms with Crippen molar-refractivity contribution in [1.29, 1.82) is 0 Å². The van der Waals surface area contributed by atoms with Gasteiger partial charge in [0.1, 0.15) is 6.10 Å². The Labute approximate surface area is 97.8 Å². The third-order valence-corrected chi connectivity index (χ3v) is 3.32. The van der Waals surface area contributed by atoms with E-state index in [1.54, 1.807) is 17.7 Å². The molecule has 0 spiro atoms. The van der Waals surface area contributed by atoms with Crippen molar-refractivity contribution in [2.75, 3.05) is 0 Å². The number of hydrogen-bond acceptors (Lipinski definition) is 5. The van der Waals surface area contributed by atoms with E-state index in [-0.39, 0.29) is 23.9 Å². The Balaban J connectivity index is 2.02. The summed E-state index contributed by atoms with van der Waals surface area (Å²) < 4.78 is 12.9. The molecule has 0 amide bonds. The number of ether oxygens (including phenoxy) is 2. The maximum absolute atomic E-state index is 11.4. The van der Waals surface area contributed by atoms with Crippen LogP contribution in [-0.4, -0.2) is 33.0 Å². The fraction of sp³-hybridized carbons (Fsp3) is 0.636. The van der Waals surface area contributed by atoms with Gasteiger partial charge in [-0.15, -0.1) is 0 Å². The predicted octanol–water partition coefficient (Wildman–Crippen LogP) is -0.0190. The smallest absolute Gasteiger partial charge is 0.302 e. The lowest BCUT2D eigenvalue weighted by Gasteiger charge is -2.14. The molecule has 1 N–H and O–H groups in total. The molecule has 3 heterocycles. The second-order valence-electron chi connectivity index (χ2n) is 4.47. The maximum atomic E-state index is 11.4. The normalized spacial score (nSPS) is 34.3. The number of rotatable bonds is 1. The monoisotopic (exact) mass is 238 g/mol. The van der Waals surface area contributed by atoms with E-state index in [2.05, 4.69) is 4.98 Å². The minimum absolute atomic E-state index is 0.224. The molecule has 4 atom stereocenters. The standard InChI is InChI=1S/C11H14N2O4/c1-3-6-7(14)8-10(16-6)13-4-5(2)9(15)12-11(13)17-8/h4,6-8,10,14H,3H2,1-2H3/t6-,7-,8+,10-/m1/s1. The molecule has 0 bridgehead atoms. The van der Waals surface area contributed by atoms with Gasteiger partial charge in [-0.25, -0.2) is 0 Å². The van der Waals surface area contributed by atoms with Crippen LogP contribution in [0.25, 0.3) is 0 Å². The molecule has 0 aliphatic carbocycles. The molecule has 1 saturated heterocycles. The highest BCUT2D eigenvalue weighted by Gasteiger charge is 2.50. The van der Waals surface area contributed by atoms with Crippen molar-refractivity contribution < 1.29 is 14.6 Å². The molecule has 0 unspecified atom stereocenters. The summed E-state index contributed by atoms with van der Waals surface area (Å²) in [5.74, 6) is 0. The summed E-state index contributed by atoms with van der Waals surface area (Å²) in [6, 6.07) is 0.226. The lowest BCUT2D eigenvalue weighted by molar-refractivity contribution is -0.0184. The number of hydrogen-bond donors (Lipinski definition) is 1. The Hall–Kier alpha value is -1.40. The molecule has 92 valence electrons. The van der Waals surface area contributed by atoms with Gasteiger partial charge in [-0.2, -0.15) is 4.98 Å². The summed E-state index contributed by atoms with van der Waals surface area (Å²) in [5, 5.41) is 10.0. The van der Waals surface area contributed by atoms with Crippen molar-refractivity contribution in [2.45, 2.75) is 44.8 Å². The average molecular weight is 238 g/mol. The van der Waals surface area contributed by atoms with Crippen LogP contribution >= 0.6 is 0 Å². The highest BCUT2D eigenvalue weighted by Crippen LogP contribution is 2.39. The molecular formula is C11H14N2O4. The van der Waals surface area contributed by atoms with Crippen molar-refractivity contribution in [3.05, 3.63) is 22.1 Å². The van der Waals surface area contributed by atoms with Gasteiger partial charge >= 0.3 is 6.01 Å². The van der Waals surface area contributed by atoms with Crippen molar-refractivity contribution >= 4 is 0 Å². The summed E-state index contributed by atoms with van der Waals surface area (Å²) in [6.07, 6.45) is 0.643. The second-order valence-corrected chi connectivity index (χ2v) is 4.47. The maximum Gasteiger partial charge on any atom is 0.302 e. The third-order valence-electron chi connectivity index (χ3n) is 3.32. The van der Waals surface area contributed by atoms with Gasteiger partial charge in [-0.3, -0.25) is 9.36 Å². The molecule has 0 aromatic carbocycles. The number of aliphatic hydroxyl groups is 1. The fourth-order valence-corrected chi connectivity index (χ4v) is 2.35. The molecule has 6 heteroatoms. The van der Waals surface area contributed by atoms with Crippen LogP contribution in [0.4, 0.5) is 0 Å².